The van der Waals surface area contributed by atoms with Crippen molar-refractivity contribution < 1.29 is 55.4 Å². The second kappa shape index (κ2) is 9.17. The molecule has 1 fully saturated rings. The van der Waals surface area contributed by atoms with E-state index in [0.717, 1.165) is 17.7 Å². The molecule has 3 rings (SSSR count). The van der Waals surface area contributed by atoms with Crippen LogP contribution in [0.1, 0.15) is 24.8 Å². The van der Waals surface area contributed by atoms with Gasteiger partial charge in [0.25, 0.3) is 6.43 Å². The molecule has 1 unspecified atom stereocenters. The molecule has 1 aliphatic heterocycles. The van der Waals surface area contributed by atoms with Crippen molar-refractivity contribution in [3.8, 4) is 5.75 Å². The monoisotopic (exact) mass is 539 g/mol. The van der Waals surface area contributed by atoms with E-state index in [0.29, 0.717) is 18.3 Å². The molecule has 3 nitrogen and oxygen atoms in total. The number of carbonyl (C=O) groups is 1. The van der Waals surface area contributed by atoms with Crippen LogP contribution >= 0.6 is 22.6 Å². The molecular formula is C17H16F3INO2Y-. The first-order chi connectivity index (χ1) is 11.5. The average molecular weight is 539 g/mol. The standard InChI is InChI=1S/C17H16F3INO2.Y/c18-13-7-11(24-9-10-1-2-10)3-4-12(13)15-6-5-14(21)17(23)22(15)8-16(19)20;/h3-4,7,10,14,16H,1-2,5,8-9H2;/q-1;. The van der Waals surface area contributed by atoms with Crippen molar-refractivity contribution in [3.63, 3.8) is 0 Å². The Hall–Kier alpha value is -0.146. The molecule has 1 aliphatic carbocycles. The molecule has 1 aromatic carbocycles. The minimum Gasteiger partial charge on any atom is -0.493 e. The SMILES string of the molecule is O=C1C(I)C[C-]=C(c2ccc(OCC3CC3)cc2F)N1CC(F)F.[Y]. The summed E-state index contributed by atoms with van der Waals surface area (Å²) in [4.78, 5) is 13.1. The molecule has 0 bridgehead atoms. The van der Waals surface area contributed by atoms with Crippen molar-refractivity contribution >= 4 is 34.2 Å². The third-order valence-corrected chi connectivity index (χ3v) is 4.92. The summed E-state index contributed by atoms with van der Waals surface area (Å²) in [6.07, 6.45) is 2.72. The number of nitrogens with zero attached hydrogens (tertiary/aromatic N) is 1. The number of carbonyl (C=O) groups excluding carboxylic acids is 1. The van der Waals surface area contributed by atoms with E-state index in [1.807, 2.05) is 22.6 Å². The topological polar surface area (TPSA) is 29.5 Å². The van der Waals surface area contributed by atoms with Crippen LogP contribution in [-0.2, 0) is 37.5 Å². The van der Waals surface area contributed by atoms with Crippen LogP contribution in [0.25, 0.3) is 5.70 Å². The molecule has 8 heteroatoms. The Morgan fingerprint density at radius 3 is 2.68 bits per heavy atom. The molecule has 0 aromatic heterocycles. The molecule has 2 aliphatic rings. The van der Waals surface area contributed by atoms with Gasteiger partial charge in [-0.3, -0.25) is 4.79 Å². The molecule has 25 heavy (non-hydrogen) atoms. The number of rotatable bonds is 6. The number of amides is 1. The Kier molecular flexibility index (Phi) is 7.76. The Morgan fingerprint density at radius 2 is 2.08 bits per heavy atom. The number of halogens is 4. The van der Waals surface area contributed by atoms with Crippen molar-refractivity contribution in [3.05, 3.63) is 35.7 Å². The van der Waals surface area contributed by atoms with Gasteiger partial charge >= 0.3 is 0 Å². The van der Waals surface area contributed by atoms with Crippen molar-refractivity contribution in [2.24, 2.45) is 5.92 Å². The van der Waals surface area contributed by atoms with E-state index in [4.69, 9.17) is 4.74 Å². The molecule has 1 atom stereocenters. The largest absolute Gasteiger partial charge is 0.493 e. The van der Waals surface area contributed by atoms with E-state index in [9.17, 15) is 18.0 Å². The van der Waals surface area contributed by atoms with E-state index in [1.165, 1.54) is 12.1 Å². The summed E-state index contributed by atoms with van der Waals surface area (Å²) in [6, 6.07) is 4.28. The maximum Gasteiger partial charge on any atom is 0.256 e. The minimum atomic E-state index is -2.70. The quantitative estimate of drug-likeness (QED) is 0.311. The predicted octanol–water partition coefficient (Wildman–Crippen LogP) is 4.06. The smallest absolute Gasteiger partial charge is 0.256 e. The molecule has 0 N–H and O–H groups in total. The summed E-state index contributed by atoms with van der Waals surface area (Å²) in [5.74, 6) is -0.109. The van der Waals surface area contributed by atoms with Gasteiger partial charge in [-0.15, -0.1) is 17.3 Å². The number of hydrogen-bond donors (Lipinski definition) is 0. The Labute approximate surface area is 183 Å². The zero-order valence-corrected chi connectivity index (χ0v) is 18.3. The van der Waals surface area contributed by atoms with Crippen molar-refractivity contribution in [1.29, 1.82) is 0 Å². The van der Waals surface area contributed by atoms with E-state index >= 15 is 0 Å². The number of ether oxygens (including phenoxy) is 1. The van der Waals surface area contributed by atoms with Crippen LogP contribution in [0.15, 0.2) is 18.2 Å². The first-order valence-corrected chi connectivity index (χ1v) is 8.97. The van der Waals surface area contributed by atoms with E-state index < -0.39 is 28.6 Å². The zero-order chi connectivity index (χ0) is 17.3. The maximum atomic E-state index is 14.4. The third-order valence-electron chi connectivity index (χ3n) is 3.95. The van der Waals surface area contributed by atoms with Crippen LogP contribution in [0.5, 0.6) is 5.75 Å². The van der Waals surface area contributed by atoms with Crippen molar-refractivity contribution in [2.45, 2.75) is 29.6 Å². The van der Waals surface area contributed by atoms with Gasteiger partial charge in [0.05, 0.1) is 22.9 Å². The van der Waals surface area contributed by atoms with Crippen LogP contribution in [0.3, 0.4) is 0 Å². The first-order valence-electron chi connectivity index (χ1n) is 7.73. The van der Waals surface area contributed by atoms with Crippen LogP contribution in [0.2, 0.25) is 0 Å². The number of allylic oxidation sites excluding steroid dienone is 1. The second-order valence-electron chi connectivity index (χ2n) is 5.93. The van der Waals surface area contributed by atoms with Gasteiger partial charge in [-0.25, -0.2) is 19.2 Å². The molecule has 1 heterocycles. The van der Waals surface area contributed by atoms with E-state index in [-0.39, 0.29) is 50.4 Å². The van der Waals surface area contributed by atoms with Crippen molar-refractivity contribution in [1.82, 2.24) is 4.90 Å². The summed E-state index contributed by atoms with van der Waals surface area (Å²) in [7, 11) is 0. The molecule has 0 saturated heterocycles. The van der Waals surface area contributed by atoms with Crippen LogP contribution < -0.4 is 4.74 Å². The van der Waals surface area contributed by atoms with Crippen LogP contribution in [0.4, 0.5) is 13.2 Å². The summed E-state index contributed by atoms with van der Waals surface area (Å²) in [5.41, 5.74) is 0.172. The van der Waals surface area contributed by atoms with Crippen molar-refractivity contribution in [2.75, 3.05) is 13.2 Å². The number of alkyl halides is 3. The van der Waals surface area contributed by atoms with Crippen LogP contribution in [-0.4, -0.2) is 34.3 Å². The first kappa shape index (κ1) is 21.2. The Morgan fingerprint density at radius 1 is 1.36 bits per heavy atom. The Bertz CT molecular complexity index is 667. The molecular weight excluding hydrogens is 523 g/mol. The van der Waals surface area contributed by atoms with Gasteiger partial charge in [-0.2, -0.15) is 0 Å². The molecule has 0 spiro atoms. The molecule has 1 aromatic rings. The van der Waals surface area contributed by atoms with Gasteiger partial charge in [0.2, 0.25) is 5.91 Å². The summed E-state index contributed by atoms with van der Waals surface area (Å²) in [5, 5.41) is 0. The minimum absolute atomic E-state index is 0. The number of benzene rings is 1. The maximum absolute atomic E-state index is 14.4. The van der Waals surface area contributed by atoms with Crippen LogP contribution in [0, 0.1) is 17.8 Å². The van der Waals surface area contributed by atoms with Gasteiger partial charge in [-0.05, 0) is 30.9 Å². The summed E-state index contributed by atoms with van der Waals surface area (Å²) >= 11 is 1.89. The summed E-state index contributed by atoms with van der Waals surface area (Å²) < 4.78 is 45.1. The molecule has 1 amide bonds. The normalized spacial score (nSPS) is 20.4. The fourth-order valence-electron chi connectivity index (χ4n) is 2.48. The van der Waals surface area contributed by atoms with E-state index in [2.05, 4.69) is 6.08 Å². The third kappa shape index (κ3) is 5.42. The van der Waals surface area contributed by atoms with E-state index in [1.54, 1.807) is 6.07 Å². The number of hydrogen-bond acceptors (Lipinski definition) is 2. The van der Waals surface area contributed by atoms with Gasteiger partial charge < -0.3 is 9.64 Å². The summed E-state index contributed by atoms with van der Waals surface area (Å²) in [6.45, 7) is -0.208. The predicted molar refractivity (Wildman–Crippen MR) is 91.4 cm³/mol. The Balaban J connectivity index is 0.00000225. The fourth-order valence-corrected chi connectivity index (χ4v) is 3.04. The molecule has 1 saturated carbocycles. The van der Waals surface area contributed by atoms with Gasteiger partial charge in [-0.1, -0.05) is 29.0 Å². The van der Waals surface area contributed by atoms with Gasteiger partial charge in [0, 0.05) is 32.7 Å². The zero-order valence-electron chi connectivity index (χ0n) is 13.4. The fraction of sp³-hybridized carbons (Fsp3) is 0.471. The average Bonchev–Trinajstić information content (AvgIpc) is 3.35. The molecule has 133 valence electrons. The van der Waals surface area contributed by atoms with Gasteiger partial charge in [0.15, 0.2) is 0 Å². The van der Waals surface area contributed by atoms with Gasteiger partial charge in [0.1, 0.15) is 5.75 Å². The molecule has 1 radical (unpaired) electrons. The second-order valence-corrected chi connectivity index (χ2v) is 7.44.